The third-order valence-electron chi connectivity index (χ3n) is 2.39. The number of hydrogen-bond donors (Lipinski definition) is 1. The Morgan fingerprint density at radius 3 is 3.12 bits per heavy atom. The summed E-state index contributed by atoms with van der Waals surface area (Å²) in [6.07, 6.45) is 1.50. The van der Waals surface area contributed by atoms with E-state index in [1.165, 1.54) is 6.92 Å². The van der Waals surface area contributed by atoms with Crippen molar-refractivity contribution in [2.45, 2.75) is 26.5 Å². The lowest BCUT2D eigenvalue weighted by Gasteiger charge is -2.26. The summed E-state index contributed by atoms with van der Waals surface area (Å²) in [6.45, 7) is 4.09. The number of nitrogens with zero attached hydrogens (tertiary/aromatic N) is 2. The Kier molecular flexibility index (Phi) is 2.64. The number of esters is 1. The minimum absolute atomic E-state index is 0.214. The summed E-state index contributed by atoms with van der Waals surface area (Å²) in [7, 11) is 0. The average molecular weight is 223 g/mol. The molecule has 1 N–H and O–H groups in total. The smallest absolute Gasteiger partial charge is 0.303 e. The predicted octanol–water partition coefficient (Wildman–Crippen LogP) is -0.0911. The van der Waals surface area contributed by atoms with E-state index in [0.717, 1.165) is 0 Å². The molecule has 0 spiro atoms. The molecule has 16 heavy (non-hydrogen) atoms. The fourth-order valence-corrected chi connectivity index (χ4v) is 1.68. The maximum absolute atomic E-state index is 11.3. The molecule has 1 unspecified atom stereocenters. The van der Waals surface area contributed by atoms with Gasteiger partial charge in [0.1, 0.15) is 6.10 Å². The second-order valence-corrected chi connectivity index (χ2v) is 3.82. The van der Waals surface area contributed by atoms with Gasteiger partial charge in [0.2, 0.25) is 5.95 Å². The van der Waals surface area contributed by atoms with Crippen molar-refractivity contribution < 1.29 is 9.53 Å². The van der Waals surface area contributed by atoms with E-state index in [-0.39, 0.29) is 17.6 Å². The molecule has 1 aromatic heterocycles. The van der Waals surface area contributed by atoms with Crippen LogP contribution in [-0.2, 0) is 16.1 Å². The first-order chi connectivity index (χ1) is 7.56. The first-order valence-corrected chi connectivity index (χ1v) is 5.05. The average Bonchev–Trinajstić information content (AvgIpc) is 2.19. The van der Waals surface area contributed by atoms with Crippen LogP contribution in [0.4, 0.5) is 5.95 Å². The zero-order valence-corrected chi connectivity index (χ0v) is 9.19. The molecule has 0 amide bonds. The van der Waals surface area contributed by atoms with Gasteiger partial charge in [0, 0.05) is 18.7 Å². The lowest BCUT2D eigenvalue weighted by Crippen LogP contribution is -2.37. The van der Waals surface area contributed by atoms with Crippen LogP contribution < -0.4 is 10.9 Å². The molecular formula is C10H13N3O3. The summed E-state index contributed by atoms with van der Waals surface area (Å²) >= 11 is 0. The zero-order valence-electron chi connectivity index (χ0n) is 9.19. The number of rotatable bonds is 1. The number of anilines is 1. The van der Waals surface area contributed by atoms with E-state index in [9.17, 15) is 9.59 Å². The van der Waals surface area contributed by atoms with Gasteiger partial charge < -0.3 is 14.6 Å². The number of carbonyl (C=O) groups is 1. The highest BCUT2D eigenvalue weighted by Crippen LogP contribution is 2.12. The Morgan fingerprint density at radius 1 is 1.69 bits per heavy atom. The van der Waals surface area contributed by atoms with Crippen molar-refractivity contribution in [3.8, 4) is 0 Å². The number of carbonyl (C=O) groups excluding carboxylic acids is 1. The minimum atomic E-state index is -0.305. The second-order valence-electron chi connectivity index (χ2n) is 3.82. The van der Waals surface area contributed by atoms with Crippen LogP contribution in [0.25, 0.3) is 0 Å². The van der Waals surface area contributed by atoms with E-state index in [2.05, 4.69) is 10.3 Å². The monoisotopic (exact) mass is 223 g/mol. The highest BCUT2D eigenvalue weighted by Gasteiger charge is 2.20. The molecule has 0 saturated heterocycles. The van der Waals surface area contributed by atoms with Crippen molar-refractivity contribution in [1.29, 1.82) is 0 Å². The predicted molar refractivity (Wildman–Crippen MR) is 57.3 cm³/mol. The molecule has 0 fully saturated rings. The largest absolute Gasteiger partial charge is 0.459 e. The number of aromatic nitrogens is 2. The van der Waals surface area contributed by atoms with Gasteiger partial charge in [-0.15, -0.1) is 0 Å². The molecule has 1 aliphatic heterocycles. The lowest BCUT2D eigenvalue weighted by atomic mass is 10.3. The van der Waals surface area contributed by atoms with Crippen LogP contribution in [0.2, 0.25) is 0 Å². The highest BCUT2D eigenvalue weighted by atomic mass is 16.5. The molecule has 86 valence electrons. The number of fused-ring (bicyclic) bond motifs is 1. The number of aryl methyl sites for hydroxylation is 1. The summed E-state index contributed by atoms with van der Waals surface area (Å²) in [5.41, 5.74) is 0.346. The number of hydrogen-bond acceptors (Lipinski definition) is 5. The standard InChI is InChI=1S/C10H13N3O3/c1-6-4-13-5-8(16-7(2)14)3-11-10(13)12-9(6)15/h4,8H,3,5H2,1-2H3,(H,11,12,15). The Hall–Kier alpha value is -1.85. The van der Waals surface area contributed by atoms with E-state index in [1.54, 1.807) is 17.7 Å². The van der Waals surface area contributed by atoms with Gasteiger partial charge in [-0.25, -0.2) is 0 Å². The van der Waals surface area contributed by atoms with Crippen LogP contribution in [0.3, 0.4) is 0 Å². The van der Waals surface area contributed by atoms with Crippen molar-refractivity contribution >= 4 is 11.9 Å². The quantitative estimate of drug-likeness (QED) is 0.673. The van der Waals surface area contributed by atoms with E-state index < -0.39 is 0 Å². The topological polar surface area (TPSA) is 73.2 Å². The second kappa shape index (κ2) is 3.96. The van der Waals surface area contributed by atoms with Crippen molar-refractivity contribution in [3.63, 3.8) is 0 Å². The van der Waals surface area contributed by atoms with Gasteiger partial charge >= 0.3 is 5.97 Å². The van der Waals surface area contributed by atoms with E-state index >= 15 is 0 Å². The van der Waals surface area contributed by atoms with Gasteiger partial charge in [0.25, 0.3) is 5.56 Å². The van der Waals surface area contributed by atoms with Crippen molar-refractivity contribution in [1.82, 2.24) is 9.55 Å². The van der Waals surface area contributed by atoms with E-state index in [0.29, 0.717) is 24.6 Å². The molecule has 0 bridgehead atoms. The molecule has 0 aliphatic carbocycles. The van der Waals surface area contributed by atoms with Crippen LogP contribution in [0, 0.1) is 6.92 Å². The Morgan fingerprint density at radius 2 is 2.44 bits per heavy atom. The Balaban J connectivity index is 2.23. The first kappa shape index (κ1) is 10.7. The zero-order chi connectivity index (χ0) is 11.7. The van der Waals surface area contributed by atoms with Crippen molar-refractivity contribution in [3.05, 3.63) is 22.1 Å². The fourth-order valence-electron chi connectivity index (χ4n) is 1.68. The first-order valence-electron chi connectivity index (χ1n) is 5.05. The van der Waals surface area contributed by atoms with Crippen LogP contribution in [0.5, 0.6) is 0 Å². The van der Waals surface area contributed by atoms with Gasteiger partial charge in [-0.1, -0.05) is 0 Å². The molecule has 2 heterocycles. The Labute approximate surface area is 92.3 Å². The fraction of sp³-hybridized carbons (Fsp3) is 0.500. The molecular weight excluding hydrogens is 210 g/mol. The molecule has 1 aromatic rings. The summed E-state index contributed by atoms with van der Waals surface area (Å²) in [5, 5.41) is 2.96. The minimum Gasteiger partial charge on any atom is -0.459 e. The van der Waals surface area contributed by atoms with Gasteiger partial charge in [-0.3, -0.25) is 9.59 Å². The van der Waals surface area contributed by atoms with E-state index in [4.69, 9.17) is 4.74 Å². The molecule has 0 radical (unpaired) electrons. The third-order valence-corrected chi connectivity index (χ3v) is 2.39. The van der Waals surface area contributed by atoms with Gasteiger partial charge in [0.15, 0.2) is 0 Å². The van der Waals surface area contributed by atoms with Gasteiger partial charge in [-0.05, 0) is 6.92 Å². The Bertz CT molecular complexity index is 481. The maximum Gasteiger partial charge on any atom is 0.303 e. The van der Waals surface area contributed by atoms with Gasteiger partial charge in [-0.2, -0.15) is 4.98 Å². The van der Waals surface area contributed by atoms with Crippen LogP contribution in [0.15, 0.2) is 11.0 Å². The summed E-state index contributed by atoms with van der Waals surface area (Å²) < 4.78 is 6.88. The maximum atomic E-state index is 11.3. The van der Waals surface area contributed by atoms with Gasteiger partial charge in [0.05, 0.1) is 13.1 Å². The van der Waals surface area contributed by atoms with E-state index in [1.807, 2.05) is 0 Å². The number of nitrogens with one attached hydrogen (secondary N) is 1. The lowest BCUT2D eigenvalue weighted by molar-refractivity contribution is -0.146. The van der Waals surface area contributed by atoms with Crippen molar-refractivity contribution in [2.75, 3.05) is 11.9 Å². The van der Waals surface area contributed by atoms with Crippen LogP contribution >= 0.6 is 0 Å². The number of ether oxygens (including phenoxy) is 1. The third kappa shape index (κ3) is 2.05. The SMILES string of the molecule is CC(=O)OC1CNc2nc(=O)c(C)cn2C1. The summed E-state index contributed by atoms with van der Waals surface area (Å²) in [5.74, 6) is 0.222. The van der Waals surface area contributed by atoms with Crippen LogP contribution in [-0.4, -0.2) is 28.2 Å². The van der Waals surface area contributed by atoms with Crippen molar-refractivity contribution in [2.24, 2.45) is 0 Å². The normalized spacial score (nSPS) is 18.5. The van der Waals surface area contributed by atoms with Crippen LogP contribution in [0.1, 0.15) is 12.5 Å². The highest BCUT2D eigenvalue weighted by molar-refractivity contribution is 5.66. The summed E-state index contributed by atoms with van der Waals surface area (Å²) in [6, 6.07) is 0. The molecule has 0 saturated carbocycles. The molecule has 1 aliphatic rings. The summed E-state index contributed by atoms with van der Waals surface area (Å²) in [4.78, 5) is 26.0. The molecule has 1 atom stereocenters. The molecule has 0 aromatic carbocycles. The molecule has 6 nitrogen and oxygen atoms in total. The molecule has 2 rings (SSSR count). The molecule has 6 heteroatoms.